The Balaban J connectivity index is 2.09. The monoisotopic (exact) mass is 297 g/mol. The maximum Gasteiger partial charge on any atom is 0.255 e. The van der Waals surface area contributed by atoms with Gasteiger partial charge in [0.25, 0.3) is 5.91 Å². The van der Waals surface area contributed by atoms with Gasteiger partial charge in [0.05, 0.1) is 5.56 Å². The van der Waals surface area contributed by atoms with E-state index in [1.807, 2.05) is 31.2 Å². The van der Waals surface area contributed by atoms with E-state index in [0.29, 0.717) is 23.8 Å². The predicted octanol–water partition coefficient (Wildman–Crippen LogP) is 3.91. The zero-order valence-electron chi connectivity index (χ0n) is 13.4. The van der Waals surface area contributed by atoms with Gasteiger partial charge in [-0.25, -0.2) is 4.98 Å². The van der Waals surface area contributed by atoms with Crippen molar-refractivity contribution < 1.29 is 4.79 Å². The summed E-state index contributed by atoms with van der Waals surface area (Å²) >= 11 is 0. The number of hydrogen-bond donors (Lipinski definition) is 2. The van der Waals surface area contributed by atoms with Crippen LogP contribution >= 0.6 is 0 Å². The van der Waals surface area contributed by atoms with E-state index in [0.717, 1.165) is 12.1 Å². The molecule has 0 saturated carbocycles. The number of aryl methyl sites for hydroxylation is 1. The number of nitrogens with one attached hydrogen (secondary N) is 2. The minimum absolute atomic E-state index is 0.0941. The molecule has 0 fully saturated rings. The highest BCUT2D eigenvalue weighted by Crippen LogP contribution is 2.18. The first-order chi connectivity index (χ1) is 10.6. The Labute approximate surface area is 132 Å². The Hall–Kier alpha value is -2.36. The van der Waals surface area contributed by atoms with Gasteiger partial charge in [0.2, 0.25) is 0 Å². The number of amides is 1. The molecule has 1 heterocycles. The van der Waals surface area contributed by atoms with E-state index < -0.39 is 0 Å². The highest BCUT2D eigenvalue weighted by atomic mass is 16.1. The van der Waals surface area contributed by atoms with Gasteiger partial charge in [0, 0.05) is 18.4 Å². The molecular weight excluding hydrogens is 274 g/mol. The van der Waals surface area contributed by atoms with Gasteiger partial charge < -0.3 is 10.6 Å². The number of rotatable bonds is 6. The third-order valence-electron chi connectivity index (χ3n) is 3.37. The zero-order chi connectivity index (χ0) is 15.9. The van der Waals surface area contributed by atoms with E-state index in [4.69, 9.17) is 0 Å². The van der Waals surface area contributed by atoms with Crippen molar-refractivity contribution in [2.24, 2.45) is 5.92 Å². The van der Waals surface area contributed by atoms with Crippen LogP contribution in [0.15, 0.2) is 42.6 Å². The quantitative estimate of drug-likeness (QED) is 0.850. The minimum atomic E-state index is -0.0941. The predicted molar refractivity (Wildman–Crippen MR) is 90.5 cm³/mol. The van der Waals surface area contributed by atoms with Crippen molar-refractivity contribution in [2.75, 3.05) is 11.9 Å². The second kappa shape index (κ2) is 7.59. The lowest BCUT2D eigenvalue weighted by Crippen LogP contribution is -2.26. The van der Waals surface area contributed by atoms with Crippen LogP contribution in [-0.4, -0.2) is 17.4 Å². The van der Waals surface area contributed by atoms with Crippen LogP contribution in [0.2, 0.25) is 0 Å². The fraction of sp³-hybridized carbons (Fsp3) is 0.333. The molecule has 0 saturated heterocycles. The van der Waals surface area contributed by atoms with Crippen LogP contribution in [0.4, 0.5) is 11.5 Å². The molecule has 1 aromatic heterocycles. The molecule has 2 aromatic rings. The van der Waals surface area contributed by atoms with Crippen molar-refractivity contribution >= 4 is 17.4 Å². The average Bonchev–Trinajstić information content (AvgIpc) is 2.49. The number of anilines is 2. The summed E-state index contributed by atoms with van der Waals surface area (Å²) < 4.78 is 0. The van der Waals surface area contributed by atoms with Gasteiger partial charge >= 0.3 is 0 Å². The number of carbonyl (C=O) groups is 1. The van der Waals surface area contributed by atoms with Gasteiger partial charge in [-0.05, 0) is 43.5 Å². The standard InChI is InChI=1S/C18H23N3O/c1-13(2)10-12-20-18(22)16-5-4-11-19-17(16)21-15-8-6-14(3)7-9-15/h4-9,11,13H,10,12H2,1-3H3,(H,19,21)(H,20,22). The summed E-state index contributed by atoms with van der Waals surface area (Å²) in [4.78, 5) is 16.6. The van der Waals surface area contributed by atoms with Gasteiger partial charge in [-0.2, -0.15) is 0 Å². The van der Waals surface area contributed by atoms with Gasteiger partial charge in [0.15, 0.2) is 0 Å². The molecule has 0 unspecified atom stereocenters. The topological polar surface area (TPSA) is 54.0 Å². The van der Waals surface area contributed by atoms with Crippen LogP contribution in [0, 0.1) is 12.8 Å². The molecule has 0 aliphatic heterocycles. The van der Waals surface area contributed by atoms with Crippen LogP contribution in [0.25, 0.3) is 0 Å². The van der Waals surface area contributed by atoms with Crippen LogP contribution in [0.1, 0.15) is 36.2 Å². The SMILES string of the molecule is Cc1ccc(Nc2ncccc2C(=O)NCCC(C)C)cc1. The lowest BCUT2D eigenvalue weighted by molar-refractivity contribution is 0.0952. The average molecular weight is 297 g/mol. The molecule has 0 radical (unpaired) electrons. The van der Waals surface area contributed by atoms with Gasteiger partial charge in [0.1, 0.15) is 5.82 Å². The van der Waals surface area contributed by atoms with Crippen molar-refractivity contribution in [3.8, 4) is 0 Å². The Kier molecular flexibility index (Phi) is 5.53. The second-order valence-electron chi connectivity index (χ2n) is 5.83. The number of carbonyl (C=O) groups excluding carboxylic acids is 1. The summed E-state index contributed by atoms with van der Waals surface area (Å²) in [6.07, 6.45) is 2.65. The Morgan fingerprint density at radius 3 is 2.59 bits per heavy atom. The van der Waals surface area contributed by atoms with Crippen LogP contribution in [0.3, 0.4) is 0 Å². The summed E-state index contributed by atoms with van der Waals surface area (Å²) in [5, 5.41) is 6.15. The number of nitrogens with zero attached hydrogens (tertiary/aromatic N) is 1. The molecular formula is C18H23N3O. The Morgan fingerprint density at radius 2 is 1.91 bits per heavy atom. The summed E-state index contributed by atoms with van der Waals surface area (Å²) in [7, 11) is 0. The van der Waals surface area contributed by atoms with Crippen molar-refractivity contribution in [1.82, 2.24) is 10.3 Å². The van der Waals surface area contributed by atoms with Crippen molar-refractivity contribution in [2.45, 2.75) is 27.2 Å². The molecule has 2 N–H and O–H groups in total. The van der Waals surface area contributed by atoms with Gasteiger partial charge in [-0.3, -0.25) is 4.79 Å². The Bertz CT molecular complexity index is 620. The van der Waals surface area contributed by atoms with Crippen molar-refractivity contribution in [3.63, 3.8) is 0 Å². The molecule has 1 aromatic carbocycles. The van der Waals surface area contributed by atoms with E-state index in [2.05, 4.69) is 29.5 Å². The first kappa shape index (κ1) is 16.0. The number of aromatic nitrogens is 1. The fourth-order valence-electron chi connectivity index (χ4n) is 2.03. The van der Waals surface area contributed by atoms with E-state index in [1.165, 1.54) is 5.56 Å². The molecule has 22 heavy (non-hydrogen) atoms. The number of hydrogen-bond acceptors (Lipinski definition) is 3. The summed E-state index contributed by atoms with van der Waals surface area (Å²) in [6.45, 7) is 6.99. The third-order valence-corrected chi connectivity index (χ3v) is 3.37. The van der Waals surface area contributed by atoms with Crippen LogP contribution in [0.5, 0.6) is 0 Å². The van der Waals surface area contributed by atoms with Crippen molar-refractivity contribution in [1.29, 1.82) is 0 Å². The molecule has 4 nitrogen and oxygen atoms in total. The first-order valence-electron chi connectivity index (χ1n) is 7.63. The van der Waals surface area contributed by atoms with Gasteiger partial charge in [-0.1, -0.05) is 31.5 Å². The largest absolute Gasteiger partial charge is 0.352 e. The minimum Gasteiger partial charge on any atom is -0.352 e. The first-order valence-corrected chi connectivity index (χ1v) is 7.63. The second-order valence-corrected chi connectivity index (χ2v) is 5.83. The van der Waals surface area contributed by atoms with E-state index in [9.17, 15) is 4.79 Å². The van der Waals surface area contributed by atoms with E-state index in [-0.39, 0.29) is 5.91 Å². The van der Waals surface area contributed by atoms with Crippen molar-refractivity contribution in [3.05, 3.63) is 53.7 Å². The maximum atomic E-state index is 12.3. The summed E-state index contributed by atoms with van der Waals surface area (Å²) in [5.41, 5.74) is 2.67. The van der Waals surface area contributed by atoms with E-state index in [1.54, 1.807) is 18.3 Å². The fourth-order valence-corrected chi connectivity index (χ4v) is 2.03. The molecule has 0 atom stereocenters. The molecule has 0 aliphatic carbocycles. The highest BCUT2D eigenvalue weighted by molar-refractivity contribution is 5.99. The molecule has 116 valence electrons. The van der Waals surface area contributed by atoms with Gasteiger partial charge in [-0.15, -0.1) is 0 Å². The smallest absolute Gasteiger partial charge is 0.255 e. The van der Waals surface area contributed by atoms with Crippen LogP contribution in [-0.2, 0) is 0 Å². The molecule has 0 spiro atoms. The Morgan fingerprint density at radius 1 is 1.18 bits per heavy atom. The highest BCUT2D eigenvalue weighted by Gasteiger charge is 2.12. The summed E-state index contributed by atoms with van der Waals surface area (Å²) in [6, 6.07) is 11.6. The molecule has 1 amide bonds. The number of pyridine rings is 1. The normalized spacial score (nSPS) is 10.5. The molecule has 2 rings (SSSR count). The number of benzene rings is 1. The molecule has 0 aliphatic rings. The van der Waals surface area contributed by atoms with Crippen LogP contribution < -0.4 is 10.6 Å². The maximum absolute atomic E-state index is 12.3. The third kappa shape index (κ3) is 4.58. The zero-order valence-corrected chi connectivity index (χ0v) is 13.4. The molecule has 0 bridgehead atoms. The van der Waals surface area contributed by atoms with E-state index >= 15 is 0 Å². The molecule has 4 heteroatoms. The lowest BCUT2D eigenvalue weighted by atomic mass is 10.1. The summed E-state index contributed by atoms with van der Waals surface area (Å²) in [5.74, 6) is 1.05. The lowest BCUT2D eigenvalue weighted by Gasteiger charge is -2.12.